The first-order valence-corrected chi connectivity index (χ1v) is 16.2. The zero-order valence-corrected chi connectivity index (χ0v) is 26.7. The molecule has 2 fully saturated rings. The quantitative estimate of drug-likeness (QED) is 0.420. The van der Waals surface area contributed by atoms with Gasteiger partial charge in [-0.2, -0.15) is 0 Å². The molecule has 11 heteroatoms. The lowest BCUT2D eigenvalue weighted by Gasteiger charge is -2.41. The van der Waals surface area contributed by atoms with Crippen LogP contribution in [-0.2, 0) is 34.2 Å². The standard InChI is InChI=1S/C34H43FN6O4/c1-20-23-6-5-13-45-32(23)27(35)16-24(20)31-25(18-30(42)43-4)21(2)37-33-26(31)17-29(39(33)3)28-19-36-34(38-28)41-11-9-40(10-12-41)22-7-14-44-15-8-22/h16-17,22,34,36H,5-15,18-19H2,1-4H3. The van der Waals surface area contributed by atoms with Crippen molar-refractivity contribution in [2.24, 2.45) is 12.0 Å². The number of aliphatic imine (C=N–C) groups is 1. The Morgan fingerprint density at radius 1 is 1.11 bits per heavy atom. The Morgan fingerprint density at radius 3 is 2.62 bits per heavy atom. The first kappa shape index (κ1) is 30.3. The number of benzene rings is 1. The molecule has 7 rings (SSSR count). The van der Waals surface area contributed by atoms with Crippen LogP contribution in [0.4, 0.5) is 4.39 Å². The molecular formula is C34H43FN6O4. The first-order valence-electron chi connectivity index (χ1n) is 16.2. The highest BCUT2D eigenvalue weighted by Crippen LogP contribution is 2.42. The topological polar surface area (TPSA) is 93.5 Å². The van der Waals surface area contributed by atoms with E-state index in [0.717, 1.165) is 121 Å². The molecule has 0 spiro atoms. The number of carbonyl (C=O) groups is 1. The molecule has 45 heavy (non-hydrogen) atoms. The molecular weight excluding hydrogens is 575 g/mol. The van der Waals surface area contributed by atoms with E-state index in [1.807, 2.05) is 20.9 Å². The van der Waals surface area contributed by atoms with Gasteiger partial charge in [-0.3, -0.25) is 24.9 Å². The van der Waals surface area contributed by atoms with Gasteiger partial charge in [0.2, 0.25) is 0 Å². The molecule has 6 heterocycles. The van der Waals surface area contributed by atoms with E-state index in [1.54, 1.807) is 6.07 Å². The summed E-state index contributed by atoms with van der Waals surface area (Å²) in [5.41, 5.74) is 7.61. The number of aromatic nitrogens is 2. The highest BCUT2D eigenvalue weighted by Gasteiger charge is 2.32. The molecule has 0 bridgehead atoms. The number of rotatable bonds is 6. The number of nitrogens with zero attached hydrogens (tertiary/aromatic N) is 5. The molecule has 240 valence electrons. The third-order valence-corrected chi connectivity index (χ3v) is 10.2. The molecule has 0 saturated carbocycles. The molecule has 1 N–H and O–H groups in total. The van der Waals surface area contributed by atoms with E-state index in [9.17, 15) is 4.79 Å². The van der Waals surface area contributed by atoms with Crippen LogP contribution in [0.5, 0.6) is 5.75 Å². The van der Waals surface area contributed by atoms with Crippen molar-refractivity contribution in [1.82, 2.24) is 24.7 Å². The van der Waals surface area contributed by atoms with Gasteiger partial charge in [-0.05, 0) is 73.9 Å². The predicted octanol–water partition coefficient (Wildman–Crippen LogP) is 3.51. The van der Waals surface area contributed by atoms with Crippen molar-refractivity contribution in [3.63, 3.8) is 0 Å². The summed E-state index contributed by atoms with van der Waals surface area (Å²) in [6.45, 7) is 10.8. The van der Waals surface area contributed by atoms with Gasteiger partial charge < -0.3 is 18.8 Å². The van der Waals surface area contributed by atoms with E-state index in [1.165, 1.54) is 7.11 Å². The lowest BCUT2D eigenvalue weighted by Crippen LogP contribution is -2.55. The summed E-state index contributed by atoms with van der Waals surface area (Å²) in [6, 6.07) is 4.30. The van der Waals surface area contributed by atoms with Crippen molar-refractivity contribution in [1.29, 1.82) is 0 Å². The normalized spacial score (nSPS) is 21.5. The van der Waals surface area contributed by atoms with Crippen LogP contribution >= 0.6 is 0 Å². The minimum Gasteiger partial charge on any atom is -0.490 e. The van der Waals surface area contributed by atoms with E-state index < -0.39 is 0 Å². The Balaban J connectivity index is 1.25. The van der Waals surface area contributed by atoms with Crippen LogP contribution < -0.4 is 10.1 Å². The zero-order valence-electron chi connectivity index (χ0n) is 26.7. The molecule has 1 unspecified atom stereocenters. The number of fused-ring (bicyclic) bond motifs is 2. The van der Waals surface area contributed by atoms with Gasteiger partial charge in [-0.1, -0.05) is 0 Å². The van der Waals surface area contributed by atoms with Crippen molar-refractivity contribution in [3.8, 4) is 16.9 Å². The Bertz CT molecular complexity index is 1650. The molecule has 10 nitrogen and oxygen atoms in total. The lowest BCUT2D eigenvalue weighted by molar-refractivity contribution is -0.139. The van der Waals surface area contributed by atoms with Gasteiger partial charge in [0.15, 0.2) is 17.9 Å². The van der Waals surface area contributed by atoms with Crippen LogP contribution in [0.2, 0.25) is 0 Å². The summed E-state index contributed by atoms with van der Waals surface area (Å²) >= 11 is 0. The Kier molecular flexibility index (Phi) is 8.37. The number of esters is 1. The monoisotopic (exact) mass is 618 g/mol. The van der Waals surface area contributed by atoms with Gasteiger partial charge in [0.25, 0.3) is 0 Å². The summed E-state index contributed by atoms with van der Waals surface area (Å²) < 4.78 is 34.0. The zero-order chi connectivity index (χ0) is 31.2. The number of ether oxygens (including phenoxy) is 3. The molecule has 3 aromatic rings. The Morgan fingerprint density at radius 2 is 1.87 bits per heavy atom. The van der Waals surface area contributed by atoms with Crippen LogP contribution in [0, 0.1) is 19.7 Å². The number of halogens is 1. The third-order valence-electron chi connectivity index (χ3n) is 10.2. The molecule has 1 atom stereocenters. The van der Waals surface area contributed by atoms with Gasteiger partial charge in [0.05, 0.1) is 31.5 Å². The van der Waals surface area contributed by atoms with Gasteiger partial charge in [0.1, 0.15) is 5.65 Å². The molecule has 2 saturated heterocycles. The molecule has 2 aromatic heterocycles. The minimum atomic E-state index is -0.378. The number of nitrogens with one attached hydrogen (secondary N) is 1. The minimum absolute atomic E-state index is 0.0455. The number of aryl methyl sites for hydroxylation is 2. The fraction of sp³-hybridized carbons (Fsp3) is 0.559. The summed E-state index contributed by atoms with van der Waals surface area (Å²) in [5, 5.41) is 4.49. The van der Waals surface area contributed by atoms with Gasteiger partial charge in [-0.25, -0.2) is 9.37 Å². The van der Waals surface area contributed by atoms with Crippen LogP contribution in [0.25, 0.3) is 22.2 Å². The number of piperazine rings is 1. The second-order valence-corrected chi connectivity index (χ2v) is 12.7. The largest absolute Gasteiger partial charge is 0.490 e. The average molecular weight is 619 g/mol. The summed E-state index contributed by atoms with van der Waals surface area (Å²) in [5.74, 6) is -0.392. The maximum absolute atomic E-state index is 15.6. The first-order chi connectivity index (χ1) is 21.8. The predicted molar refractivity (Wildman–Crippen MR) is 170 cm³/mol. The highest BCUT2D eigenvalue weighted by molar-refractivity contribution is 6.08. The van der Waals surface area contributed by atoms with Crippen molar-refractivity contribution in [2.45, 2.75) is 58.3 Å². The van der Waals surface area contributed by atoms with Crippen molar-refractivity contribution >= 4 is 22.7 Å². The summed E-state index contributed by atoms with van der Waals surface area (Å²) in [7, 11) is 3.39. The fourth-order valence-electron chi connectivity index (χ4n) is 7.61. The second kappa shape index (κ2) is 12.4. The van der Waals surface area contributed by atoms with E-state index in [-0.39, 0.29) is 24.5 Å². The average Bonchev–Trinajstić information content (AvgIpc) is 3.68. The lowest BCUT2D eigenvalue weighted by atomic mass is 9.87. The third kappa shape index (κ3) is 5.54. The highest BCUT2D eigenvalue weighted by atomic mass is 19.1. The summed E-state index contributed by atoms with van der Waals surface area (Å²) in [4.78, 5) is 27.8. The van der Waals surface area contributed by atoms with Gasteiger partial charge in [-0.15, -0.1) is 0 Å². The number of pyridine rings is 1. The van der Waals surface area contributed by atoms with E-state index in [4.69, 9.17) is 24.2 Å². The molecule has 4 aliphatic rings. The number of hydrogen-bond acceptors (Lipinski definition) is 9. The van der Waals surface area contributed by atoms with Crippen molar-refractivity contribution in [2.75, 3.05) is 59.7 Å². The Labute approximate surface area is 263 Å². The van der Waals surface area contributed by atoms with Gasteiger partial charge >= 0.3 is 5.97 Å². The van der Waals surface area contributed by atoms with Crippen molar-refractivity contribution < 1.29 is 23.4 Å². The fourth-order valence-corrected chi connectivity index (χ4v) is 7.61. The van der Waals surface area contributed by atoms with E-state index >= 15 is 4.39 Å². The number of carbonyl (C=O) groups excluding carboxylic acids is 1. The van der Waals surface area contributed by atoms with E-state index in [2.05, 4.69) is 25.8 Å². The SMILES string of the molecule is COC(=O)Cc1c(C)nc2c(cc(C3=NC(N4CCN(C5CCOCC5)CC4)NC3)n2C)c1-c1cc(F)c2c(c1C)CCCO2. The maximum Gasteiger partial charge on any atom is 0.310 e. The van der Waals surface area contributed by atoms with Crippen LogP contribution in [0.3, 0.4) is 0 Å². The molecule has 0 aliphatic carbocycles. The number of hydrogen-bond donors (Lipinski definition) is 1. The van der Waals surface area contributed by atoms with E-state index in [0.29, 0.717) is 24.9 Å². The molecule has 1 aromatic carbocycles. The number of methoxy groups -OCH3 is 1. The molecule has 4 aliphatic heterocycles. The maximum atomic E-state index is 15.6. The van der Waals surface area contributed by atoms with Crippen LogP contribution in [0.1, 0.15) is 47.3 Å². The van der Waals surface area contributed by atoms with Crippen molar-refractivity contribution in [3.05, 3.63) is 46.0 Å². The molecule has 0 amide bonds. The molecule has 0 radical (unpaired) electrons. The van der Waals surface area contributed by atoms with Gasteiger partial charge in [0, 0.05) is 75.7 Å². The summed E-state index contributed by atoms with van der Waals surface area (Å²) in [6.07, 6.45) is 3.80. The van der Waals surface area contributed by atoms with Crippen LogP contribution in [-0.4, -0.2) is 103 Å². The smallest absolute Gasteiger partial charge is 0.310 e. The van der Waals surface area contributed by atoms with Crippen LogP contribution in [0.15, 0.2) is 17.1 Å². The second-order valence-electron chi connectivity index (χ2n) is 12.7. The Hall–Kier alpha value is -3.38.